The van der Waals surface area contributed by atoms with Crippen LogP contribution >= 0.6 is 0 Å². The second kappa shape index (κ2) is 9.08. The smallest absolute Gasteiger partial charge is 0.225 e. The van der Waals surface area contributed by atoms with Crippen molar-refractivity contribution >= 4 is 11.6 Å². The number of anilines is 1. The molecule has 0 spiro atoms. The van der Waals surface area contributed by atoms with E-state index in [1.807, 2.05) is 6.92 Å². The van der Waals surface area contributed by atoms with Gasteiger partial charge in [-0.2, -0.15) is 5.26 Å². The minimum Gasteiger partial charge on any atom is -0.396 e. The summed E-state index contributed by atoms with van der Waals surface area (Å²) in [7, 11) is 0. The third-order valence-corrected chi connectivity index (χ3v) is 3.06. The van der Waals surface area contributed by atoms with Gasteiger partial charge in [0.25, 0.3) is 0 Å². The maximum atomic E-state index is 11.9. The number of para-hydroxylation sites is 1. The number of nitrogens with zero attached hydrogens (tertiary/aromatic N) is 2. The van der Waals surface area contributed by atoms with E-state index in [-0.39, 0.29) is 12.5 Å². The van der Waals surface area contributed by atoms with E-state index in [9.17, 15) is 4.79 Å². The molecule has 20 heavy (non-hydrogen) atoms. The molecule has 0 radical (unpaired) electrons. The van der Waals surface area contributed by atoms with Crippen LogP contribution in [0.4, 0.5) is 5.69 Å². The number of aliphatic hydroxyl groups excluding tert-OH is 1. The molecule has 2 N–H and O–H groups in total. The lowest BCUT2D eigenvalue weighted by molar-refractivity contribution is -0.116. The van der Waals surface area contributed by atoms with Gasteiger partial charge in [-0.05, 0) is 25.1 Å². The van der Waals surface area contributed by atoms with Crippen LogP contribution in [0.2, 0.25) is 0 Å². The number of benzene rings is 1. The van der Waals surface area contributed by atoms with Gasteiger partial charge in [0.1, 0.15) is 6.07 Å². The van der Waals surface area contributed by atoms with Crippen molar-refractivity contribution in [3.8, 4) is 6.07 Å². The molecule has 0 aliphatic rings. The molecule has 0 aromatic heterocycles. The molecule has 5 nitrogen and oxygen atoms in total. The summed E-state index contributed by atoms with van der Waals surface area (Å²) in [6.45, 7) is 4.48. The Bertz CT molecular complexity index is 468. The van der Waals surface area contributed by atoms with Gasteiger partial charge in [-0.1, -0.05) is 19.1 Å². The zero-order chi connectivity index (χ0) is 14.8. The van der Waals surface area contributed by atoms with E-state index in [0.717, 1.165) is 13.1 Å². The van der Waals surface area contributed by atoms with Gasteiger partial charge < -0.3 is 15.3 Å². The highest BCUT2D eigenvalue weighted by atomic mass is 16.3. The van der Waals surface area contributed by atoms with Crippen molar-refractivity contribution < 1.29 is 9.90 Å². The Balaban J connectivity index is 2.45. The summed E-state index contributed by atoms with van der Waals surface area (Å²) in [6.07, 6.45) is 1.09. The number of nitrogens with one attached hydrogen (secondary N) is 1. The molecule has 5 heteroatoms. The lowest BCUT2D eigenvalue weighted by Crippen LogP contribution is -2.29. The molecule has 0 fully saturated rings. The number of carbonyl (C=O) groups is 1. The maximum absolute atomic E-state index is 11.9. The number of hydrogen-bond acceptors (Lipinski definition) is 4. The summed E-state index contributed by atoms with van der Waals surface area (Å²) in [5, 5.41) is 20.5. The van der Waals surface area contributed by atoms with Crippen molar-refractivity contribution in [2.24, 2.45) is 0 Å². The molecule has 108 valence electrons. The number of aliphatic hydroxyl groups is 1. The Hall–Kier alpha value is -1.90. The van der Waals surface area contributed by atoms with Gasteiger partial charge in [0, 0.05) is 26.1 Å². The SMILES string of the molecule is CCN(CCCO)CCC(=O)Nc1ccccc1C#N. The van der Waals surface area contributed by atoms with Crippen LogP contribution in [-0.4, -0.2) is 42.2 Å². The molecule has 1 aromatic rings. The predicted octanol–water partition coefficient (Wildman–Crippen LogP) is 1.59. The lowest BCUT2D eigenvalue weighted by Gasteiger charge is -2.19. The first-order chi connectivity index (χ1) is 9.71. The van der Waals surface area contributed by atoms with Gasteiger partial charge in [0.15, 0.2) is 0 Å². The van der Waals surface area contributed by atoms with E-state index < -0.39 is 0 Å². The minimum absolute atomic E-state index is 0.102. The topological polar surface area (TPSA) is 76.4 Å². The molecular formula is C15H21N3O2. The number of hydrogen-bond donors (Lipinski definition) is 2. The standard InChI is InChI=1S/C15H21N3O2/c1-2-18(9-5-11-19)10-8-15(20)17-14-7-4-3-6-13(14)12-16/h3-4,6-7,19H,2,5,8-11H2,1H3,(H,17,20). The van der Waals surface area contributed by atoms with Crippen molar-refractivity contribution in [2.45, 2.75) is 19.8 Å². The highest BCUT2D eigenvalue weighted by Crippen LogP contribution is 2.13. The van der Waals surface area contributed by atoms with Crippen molar-refractivity contribution in [3.63, 3.8) is 0 Å². The van der Waals surface area contributed by atoms with Crippen LogP contribution in [-0.2, 0) is 4.79 Å². The Labute approximate surface area is 119 Å². The monoisotopic (exact) mass is 275 g/mol. The summed E-state index contributed by atoms with van der Waals surface area (Å²) in [6, 6.07) is 9.00. The molecule has 1 amide bonds. The summed E-state index contributed by atoms with van der Waals surface area (Å²) in [5.41, 5.74) is 1.02. The second-order valence-corrected chi connectivity index (χ2v) is 4.47. The molecule has 0 saturated carbocycles. The first-order valence-electron chi connectivity index (χ1n) is 6.83. The molecule has 0 aliphatic heterocycles. The quantitative estimate of drug-likeness (QED) is 0.755. The van der Waals surface area contributed by atoms with Gasteiger partial charge >= 0.3 is 0 Å². The average Bonchev–Trinajstić information content (AvgIpc) is 2.48. The highest BCUT2D eigenvalue weighted by Gasteiger charge is 2.08. The Morgan fingerprint density at radius 1 is 1.40 bits per heavy atom. The average molecular weight is 275 g/mol. The Kier molecular flexibility index (Phi) is 7.33. The lowest BCUT2D eigenvalue weighted by atomic mass is 10.2. The summed E-state index contributed by atoms with van der Waals surface area (Å²) >= 11 is 0. The molecular weight excluding hydrogens is 254 g/mol. The van der Waals surface area contributed by atoms with Crippen molar-refractivity contribution in [1.29, 1.82) is 5.26 Å². The van der Waals surface area contributed by atoms with E-state index in [0.29, 0.717) is 30.6 Å². The predicted molar refractivity (Wildman–Crippen MR) is 78.2 cm³/mol. The Morgan fingerprint density at radius 3 is 2.80 bits per heavy atom. The fraction of sp³-hybridized carbons (Fsp3) is 0.467. The largest absolute Gasteiger partial charge is 0.396 e. The molecule has 0 heterocycles. The van der Waals surface area contributed by atoms with E-state index >= 15 is 0 Å². The van der Waals surface area contributed by atoms with Gasteiger partial charge in [-0.25, -0.2) is 0 Å². The number of amides is 1. The van der Waals surface area contributed by atoms with Crippen molar-refractivity contribution in [2.75, 3.05) is 31.6 Å². The zero-order valence-electron chi connectivity index (χ0n) is 11.8. The van der Waals surface area contributed by atoms with E-state index in [1.165, 1.54) is 0 Å². The van der Waals surface area contributed by atoms with Gasteiger partial charge in [0.05, 0.1) is 11.3 Å². The van der Waals surface area contributed by atoms with E-state index in [4.69, 9.17) is 10.4 Å². The number of carbonyl (C=O) groups excluding carboxylic acids is 1. The molecule has 0 saturated heterocycles. The van der Waals surface area contributed by atoms with Crippen LogP contribution in [0.1, 0.15) is 25.3 Å². The maximum Gasteiger partial charge on any atom is 0.225 e. The van der Waals surface area contributed by atoms with Gasteiger partial charge in [0.2, 0.25) is 5.91 Å². The Morgan fingerprint density at radius 2 is 2.15 bits per heavy atom. The van der Waals surface area contributed by atoms with Crippen LogP contribution in [0.5, 0.6) is 0 Å². The third-order valence-electron chi connectivity index (χ3n) is 3.06. The number of rotatable bonds is 8. The first kappa shape index (κ1) is 16.2. The fourth-order valence-electron chi connectivity index (χ4n) is 1.88. The van der Waals surface area contributed by atoms with Gasteiger partial charge in [-0.3, -0.25) is 4.79 Å². The highest BCUT2D eigenvalue weighted by molar-refractivity contribution is 5.92. The minimum atomic E-state index is -0.102. The zero-order valence-corrected chi connectivity index (χ0v) is 11.8. The fourth-order valence-corrected chi connectivity index (χ4v) is 1.88. The van der Waals surface area contributed by atoms with Crippen LogP contribution in [0, 0.1) is 11.3 Å². The van der Waals surface area contributed by atoms with Crippen LogP contribution in [0.3, 0.4) is 0 Å². The van der Waals surface area contributed by atoms with E-state index in [1.54, 1.807) is 24.3 Å². The molecule has 1 rings (SSSR count). The van der Waals surface area contributed by atoms with E-state index in [2.05, 4.69) is 16.3 Å². The van der Waals surface area contributed by atoms with Gasteiger partial charge in [-0.15, -0.1) is 0 Å². The second-order valence-electron chi connectivity index (χ2n) is 4.47. The molecule has 0 aliphatic carbocycles. The summed E-state index contributed by atoms with van der Waals surface area (Å²) < 4.78 is 0. The third kappa shape index (κ3) is 5.39. The summed E-state index contributed by atoms with van der Waals surface area (Å²) in [5.74, 6) is -0.102. The molecule has 0 unspecified atom stereocenters. The molecule has 0 bridgehead atoms. The number of nitriles is 1. The van der Waals surface area contributed by atoms with Crippen LogP contribution in [0.15, 0.2) is 24.3 Å². The van der Waals surface area contributed by atoms with Crippen LogP contribution < -0.4 is 5.32 Å². The summed E-state index contributed by atoms with van der Waals surface area (Å²) in [4.78, 5) is 14.0. The molecule has 0 atom stereocenters. The molecule has 1 aromatic carbocycles. The normalized spacial score (nSPS) is 10.3. The van der Waals surface area contributed by atoms with Crippen LogP contribution in [0.25, 0.3) is 0 Å². The first-order valence-corrected chi connectivity index (χ1v) is 6.83. The van der Waals surface area contributed by atoms with Crippen molar-refractivity contribution in [3.05, 3.63) is 29.8 Å². The van der Waals surface area contributed by atoms with Crippen molar-refractivity contribution in [1.82, 2.24) is 4.90 Å².